The number of methoxy groups -OCH3 is 1. The Labute approximate surface area is 87.7 Å². The van der Waals surface area contributed by atoms with Gasteiger partial charge in [-0.05, 0) is 37.5 Å². The molecule has 3 atom stereocenters. The summed E-state index contributed by atoms with van der Waals surface area (Å²) in [7, 11) is 1.72. The lowest BCUT2D eigenvalue weighted by Gasteiger charge is -2.17. The van der Waals surface area contributed by atoms with Crippen LogP contribution in [0.4, 0.5) is 0 Å². The van der Waals surface area contributed by atoms with E-state index in [0.29, 0.717) is 5.92 Å². The van der Waals surface area contributed by atoms with Crippen molar-refractivity contribution in [1.82, 2.24) is 0 Å². The maximum atomic E-state index is 9.93. The minimum Gasteiger partial charge on any atom is -0.393 e. The predicted molar refractivity (Wildman–Crippen MR) is 58.2 cm³/mol. The molecule has 3 unspecified atom stereocenters. The molecule has 0 spiro atoms. The fourth-order valence-corrected chi connectivity index (χ4v) is 2.51. The van der Waals surface area contributed by atoms with E-state index in [0.717, 1.165) is 25.4 Å². The van der Waals surface area contributed by atoms with Crippen molar-refractivity contribution in [3.05, 3.63) is 0 Å². The molecular formula is C12H24O2. The van der Waals surface area contributed by atoms with Crippen molar-refractivity contribution in [2.24, 2.45) is 11.8 Å². The monoisotopic (exact) mass is 200 g/mol. The first-order valence-corrected chi connectivity index (χ1v) is 5.95. The van der Waals surface area contributed by atoms with Crippen LogP contribution >= 0.6 is 0 Å². The van der Waals surface area contributed by atoms with Crippen molar-refractivity contribution in [1.29, 1.82) is 0 Å². The summed E-state index contributed by atoms with van der Waals surface area (Å²) < 4.78 is 4.99. The zero-order valence-electron chi connectivity index (χ0n) is 9.54. The molecule has 0 aromatic heterocycles. The second-order valence-corrected chi connectivity index (χ2v) is 4.55. The average molecular weight is 200 g/mol. The Balaban J connectivity index is 2.15. The molecular weight excluding hydrogens is 176 g/mol. The molecule has 0 aliphatic heterocycles. The minimum absolute atomic E-state index is 0.0818. The SMILES string of the molecule is CCC1CCC(C(O)CCCOC)C1. The molecule has 1 fully saturated rings. The van der Waals surface area contributed by atoms with E-state index in [9.17, 15) is 5.11 Å². The van der Waals surface area contributed by atoms with Gasteiger partial charge in [0.15, 0.2) is 0 Å². The Bertz CT molecular complexity index is 147. The fourth-order valence-electron chi connectivity index (χ4n) is 2.51. The topological polar surface area (TPSA) is 29.5 Å². The second-order valence-electron chi connectivity index (χ2n) is 4.55. The summed E-state index contributed by atoms with van der Waals surface area (Å²) in [6.45, 7) is 3.03. The lowest BCUT2D eigenvalue weighted by Crippen LogP contribution is -2.18. The third-order valence-electron chi connectivity index (χ3n) is 3.55. The zero-order valence-corrected chi connectivity index (χ0v) is 9.54. The number of aliphatic hydroxyl groups is 1. The Hall–Kier alpha value is -0.0800. The lowest BCUT2D eigenvalue weighted by atomic mass is 9.95. The van der Waals surface area contributed by atoms with Crippen LogP contribution in [-0.2, 0) is 4.74 Å². The zero-order chi connectivity index (χ0) is 10.4. The number of hydrogen-bond donors (Lipinski definition) is 1. The molecule has 1 saturated carbocycles. The quantitative estimate of drug-likeness (QED) is 0.668. The van der Waals surface area contributed by atoms with E-state index >= 15 is 0 Å². The van der Waals surface area contributed by atoms with Crippen molar-refractivity contribution in [3.63, 3.8) is 0 Å². The molecule has 1 aliphatic carbocycles. The van der Waals surface area contributed by atoms with Gasteiger partial charge < -0.3 is 9.84 Å². The summed E-state index contributed by atoms with van der Waals surface area (Å²) >= 11 is 0. The first-order valence-electron chi connectivity index (χ1n) is 5.95. The van der Waals surface area contributed by atoms with Crippen molar-refractivity contribution in [2.75, 3.05) is 13.7 Å². The van der Waals surface area contributed by atoms with E-state index < -0.39 is 0 Å². The maximum Gasteiger partial charge on any atom is 0.0569 e. The van der Waals surface area contributed by atoms with Crippen molar-refractivity contribution in [3.8, 4) is 0 Å². The van der Waals surface area contributed by atoms with Crippen molar-refractivity contribution in [2.45, 2.75) is 51.6 Å². The summed E-state index contributed by atoms with van der Waals surface area (Å²) in [5.74, 6) is 1.44. The Morgan fingerprint density at radius 2 is 2.21 bits per heavy atom. The van der Waals surface area contributed by atoms with Crippen LogP contribution < -0.4 is 0 Å². The van der Waals surface area contributed by atoms with Gasteiger partial charge in [0.1, 0.15) is 0 Å². The third-order valence-corrected chi connectivity index (χ3v) is 3.55. The smallest absolute Gasteiger partial charge is 0.0569 e. The van der Waals surface area contributed by atoms with Crippen LogP contribution in [0.1, 0.15) is 45.4 Å². The van der Waals surface area contributed by atoms with E-state index in [2.05, 4.69) is 6.92 Å². The van der Waals surface area contributed by atoms with Gasteiger partial charge in [0, 0.05) is 13.7 Å². The normalized spacial score (nSPS) is 29.4. The van der Waals surface area contributed by atoms with Gasteiger partial charge in [0.2, 0.25) is 0 Å². The van der Waals surface area contributed by atoms with Crippen LogP contribution in [-0.4, -0.2) is 24.9 Å². The Kier molecular flexibility index (Phi) is 5.49. The van der Waals surface area contributed by atoms with Crippen LogP contribution in [0.5, 0.6) is 0 Å². The summed E-state index contributed by atoms with van der Waals surface area (Å²) in [6.07, 6.45) is 6.89. The summed E-state index contributed by atoms with van der Waals surface area (Å²) in [5, 5.41) is 9.93. The van der Waals surface area contributed by atoms with Gasteiger partial charge in [0.25, 0.3) is 0 Å². The van der Waals surface area contributed by atoms with E-state index in [1.54, 1.807) is 7.11 Å². The highest BCUT2D eigenvalue weighted by Gasteiger charge is 2.28. The van der Waals surface area contributed by atoms with Crippen molar-refractivity contribution >= 4 is 0 Å². The molecule has 1 N–H and O–H groups in total. The molecule has 0 heterocycles. The van der Waals surface area contributed by atoms with Crippen LogP contribution in [0.2, 0.25) is 0 Å². The highest BCUT2D eigenvalue weighted by Crippen LogP contribution is 2.35. The molecule has 14 heavy (non-hydrogen) atoms. The number of ether oxygens (including phenoxy) is 1. The van der Waals surface area contributed by atoms with Crippen LogP contribution in [0.25, 0.3) is 0 Å². The van der Waals surface area contributed by atoms with Crippen LogP contribution in [0.3, 0.4) is 0 Å². The molecule has 84 valence electrons. The van der Waals surface area contributed by atoms with Crippen molar-refractivity contribution < 1.29 is 9.84 Å². The molecule has 2 nitrogen and oxygen atoms in total. The summed E-state index contributed by atoms with van der Waals surface area (Å²) in [5.41, 5.74) is 0. The molecule has 1 aliphatic rings. The number of rotatable bonds is 6. The first-order chi connectivity index (χ1) is 6.77. The van der Waals surface area contributed by atoms with Gasteiger partial charge in [0.05, 0.1) is 6.10 Å². The van der Waals surface area contributed by atoms with E-state index in [-0.39, 0.29) is 6.10 Å². The highest BCUT2D eigenvalue weighted by molar-refractivity contribution is 4.79. The minimum atomic E-state index is -0.0818. The fraction of sp³-hybridized carbons (Fsp3) is 1.00. The standard InChI is InChI=1S/C12H24O2/c1-3-10-6-7-11(9-10)12(13)5-4-8-14-2/h10-13H,3-9H2,1-2H3. The molecule has 0 aromatic rings. The molecule has 0 amide bonds. The maximum absolute atomic E-state index is 9.93. The predicted octanol–water partition coefficient (Wildman–Crippen LogP) is 2.60. The van der Waals surface area contributed by atoms with E-state index in [4.69, 9.17) is 4.74 Å². The molecule has 2 heteroatoms. The summed E-state index contributed by atoms with van der Waals surface area (Å²) in [4.78, 5) is 0. The van der Waals surface area contributed by atoms with E-state index in [1.807, 2.05) is 0 Å². The lowest BCUT2D eigenvalue weighted by molar-refractivity contribution is 0.0857. The van der Waals surface area contributed by atoms with Gasteiger partial charge in [-0.25, -0.2) is 0 Å². The Morgan fingerprint density at radius 1 is 1.43 bits per heavy atom. The first kappa shape index (κ1) is 12.0. The Morgan fingerprint density at radius 3 is 2.79 bits per heavy atom. The summed E-state index contributed by atoms with van der Waals surface area (Å²) in [6, 6.07) is 0. The van der Waals surface area contributed by atoms with Gasteiger partial charge in [-0.1, -0.05) is 19.8 Å². The van der Waals surface area contributed by atoms with Crippen LogP contribution in [0, 0.1) is 11.8 Å². The van der Waals surface area contributed by atoms with Gasteiger partial charge in [-0.15, -0.1) is 0 Å². The molecule has 0 aromatic carbocycles. The molecule has 0 saturated heterocycles. The average Bonchev–Trinajstić information content (AvgIpc) is 2.66. The second kappa shape index (κ2) is 6.41. The van der Waals surface area contributed by atoms with Gasteiger partial charge in [-0.2, -0.15) is 0 Å². The van der Waals surface area contributed by atoms with Crippen LogP contribution in [0.15, 0.2) is 0 Å². The molecule has 1 rings (SSSR count). The van der Waals surface area contributed by atoms with Gasteiger partial charge in [-0.3, -0.25) is 0 Å². The number of hydrogen-bond acceptors (Lipinski definition) is 2. The molecule has 0 bridgehead atoms. The van der Waals surface area contributed by atoms with E-state index in [1.165, 1.54) is 25.7 Å². The molecule has 0 radical (unpaired) electrons. The highest BCUT2D eigenvalue weighted by atomic mass is 16.5. The largest absolute Gasteiger partial charge is 0.393 e. The third kappa shape index (κ3) is 3.58. The van der Waals surface area contributed by atoms with Gasteiger partial charge >= 0.3 is 0 Å². The number of aliphatic hydroxyl groups excluding tert-OH is 1.